The monoisotopic (exact) mass is 235 g/mol. The van der Waals surface area contributed by atoms with Crippen LogP contribution < -0.4 is 11.5 Å². The summed E-state index contributed by atoms with van der Waals surface area (Å²) in [6, 6.07) is -0.923. The molecule has 0 radical (unpaired) electrons. The van der Waals surface area contributed by atoms with E-state index in [9.17, 15) is 10.2 Å². The number of rotatable bonds is 3. The Bertz CT molecular complexity index is 256. The van der Waals surface area contributed by atoms with Gasteiger partial charge in [0.25, 0.3) is 0 Å². The minimum Gasteiger partial charge on any atom is -0.394 e. The highest BCUT2D eigenvalue weighted by Crippen LogP contribution is 2.23. The van der Waals surface area contributed by atoms with Crippen LogP contribution >= 0.6 is 0 Å². The van der Waals surface area contributed by atoms with Crippen LogP contribution in [0.25, 0.3) is 0 Å². The Hall–Kier alpha value is -0.930. The molecule has 1 saturated heterocycles. The predicted molar refractivity (Wildman–Crippen MR) is 54.4 cm³/mol. The Labute approximate surface area is 92.5 Å². The third kappa shape index (κ3) is 2.60. The fourth-order valence-electron chi connectivity index (χ4n) is 1.57. The van der Waals surface area contributed by atoms with Crippen molar-refractivity contribution in [1.82, 2.24) is 0 Å². The van der Waals surface area contributed by atoms with Gasteiger partial charge in [0.05, 0.1) is 6.61 Å². The van der Waals surface area contributed by atoms with Gasteiger partial charge in [-0.3, -0.25) is 0 Å². The fraction of sp³-hybridized carbons (Fsp3) is 0.875. The quantitative estimate of drug-likeness (QED) is 0.255. The lowest BCUT2D eigenvalue weighted by Gasteiger charge is -2.39. The normalized spacial score (nSPS) is 39.4. The number of aliphatic hydroxyl groups excluding tert-OH is 3. The van der Waals surface area contributed by atoms with E-state index in [0.717, 1.165) is 0 Å². The van der Waals surface area contributed by atoms with Crippen molar-refractivity contribution in [3.8, 4) is 0 Å². The van der Waals surface area contributed by atoms with Crippen molar-refractivity contribution >= 4 is 5.96 Å². The molecule has 0 aliphatic carbocycles. The molecule has 0 bridgehead atoms. The van der Waals surface area contributed by atoms with Crippen molar-refractivity contribution in [2.45, 2.75) is 30.6 Å². The summed E-state index contributed by atoms with van der Waals surface area (Å²) in [5.74, 6) is -0.246. The van der Waals surface area contributed by atoms with Crippen molar-refractivity contribution in [2.75, 3.05) is 13.7 Å². The molecule has 1 aliphatic heterocycles. The van der Waals surface area contributed by atoms with E-state index in [1.54, 1.807) is 0 Å². The van der Waals surface area contributed by atoms with Crippen molar-refractivity contribution in [1.29, 1.82) is 0 Å². The molecule has 1 rings (SSSR count). The molecule has 7 N–H and O–H groups in total. The first-order valence-corrected chi connectivity index (χ1v) is 4.75. The second kappa shape index (κ2) is 5.41. The number of hydrogen-bond donors (Lipinski definition) is 5. The zero-order valence-corrected chi connectivity index (χ0v) is 8.85. The van der Waals surface area contributed by atoms with E-state index in [1.807, 2.05) is 0 Å². The average molecular weight is 235 g/mol. The van der Waals surface area contributed by atoms with Gasteiger partial charge in [0, 0.05) is 7.11 Å². The highest BCUT2D eigenvalue weighted by Gasteiger charge is 2.44. The van der Waals surface area contributed by atoms with Gasteiger partial charge in [0.2, 0.25) is 0 Å². The van der Waals surface area contributed by atoms with Crippen molar-refractivity contribution in [2.24, 2.45) is 16.5 Å². The molecular weight excluding hydrogens is 218 g/mol. The SMILES string of the molecule is COC1O[C@H](CO)C(O)[C@H](O)C1N=C(N)N. The van der Waals surface area contributed by atoms with Gasteiger partial charge in [0.15, 0.2) is 12.2 Å². The first-order valence-electron chi connectivity index (χ1n) is 4.75. The number of methoxy groups -OCH3 is 1. The zero-order chi connectivity index (χ0) is 12.3. The Kier molecular flexibility index (Phi) is 4.44. The van der Waals surface area contributed by atoms with Gasteiger partial charge in [-0.25, -0.2) is 4.99 Å². The van der Waals surface area contributed by atoms with Crippen molar-refractivity contribution < 1.29 is 24.8 Å². The molecule has 1 aliphatic rings. The van der Waals surface area contributed by atoms with E-state index in [1.165, 1.54) is 7.11 Å². The summed E-state index contributed by atoms with van der Waals surface area (Å²) in [7, 11) is 1.35. The van der Waals surface area contributed by atoms with E-state index >= 15 is 0 Å². The van der Waals surface area contributed by atoms with Gasteiger partial charge >= 0.3 is 0 Å². The molecule has 8 heteroatoms. The molecule has 0 aromatic rings. The van der Waals surface area contributed by atoms with E-state index < -0.39 is 37.3 Å². The van der Waals surface area contributed by atoms with E-state index in [-0.39, 0.29) is 5.96 Å². The first-order chi connectivity index (χ1) is 7.51. The highest BCUT2D eigenvalue weighted by molar-refractivity contribution is 5.76. The van der Waals surface area contributed by atoms with Crippen LogP contribution in [-0.2, 0) is 9.47 Å². The van der Waals surface area contributed by atoms with Gasteiger partial charge in [-0.2, -0.15) is 0 Å². The Morgan fingerprint density at radius 2 is 2.00 bits per heavy atom. The third-order valence-corrected chi connectivity index (χ3v) is 2.38. The Balaban J connectivity index is 2.86. The fourth-order valence-corrected chi connectivity index (χ4v) is 1.57. The molecular formula is C8H17N3O5. The van der Waals surface area contributed by atoms with E-state index in [2.05, 4.69) is 4.99 Å². The molecule has 1 fully saturated rings. The number of aliphatic hydroxyl groups is 3. The van der Waals surface area contributed by atoms with E-state index in [0.29, 0.717) is 0 Å². The predicted octanol–water partition coefficient (Wildman–Crippen LogP) is -3.29. The standard InChI is InChI=1S/C8H17N3O5/c1-15-7-4(11-8(9)10)6(14)5(13)3(2-12)16-7/h3-7,12-14H,2H2,1H3,(H4,9,10,11)/t3-,4?,5?,6-,7?/m1/s1. The molecule has 0 amide bonds. The lowest BCUT2D eigenvalue weighted by molar-refractivity contribution is -0.257. The molecule has 3 unspecified atom stereocenters. The number of ether oxygens (including phenoxy) is 2. The van der Waals surface area contributed by atoms with Gasteiger partial charge < -0.3 is 36.3 Å². The third-order valence-electron chi connectivity index (χ3n) is 2.38. The minimum atomic E-state index is -1.27. The van der Waals surface area contributed by atoms with Gasteiger partial charge in [-0.15, -0.1) is 0 Å². The topological polar surface area (TPSA) is 144 Å². The molecule has 16 heavy (non-hydrogen) atoms. The van der Waals surface area contributed by atoms with Crippen LogP contribution in [0.4, 0.5) is 0 Å². The maximum Gasteiger partial charge on any atom is 0.186 e. The highest BCUT2D eigenvalue weighted by atomic mass is 16.7. The summed E-state index contributed by atoms with van der Waals surface area (Å²) < 4.78 is 10.1. The molecule has 94 valence electrons. The van der Waals surface area contributed by atoms with E-state index in [4.69, 9.17) is 26.0 Å². The van der Waals surface area contributed by atoms with Crippen LogP contribution in [0.3, 0.4) is 0 Å². The number of hydrogen-bond acceptors (Lipinski definition) is 6. The second-order valence-electron chi connectivity index (χ2n) is 3.49. The number of aliphatic imine (C=N–C) groups is 1. The number of nitrogens with zero attached hydrogens (tertiary/aromatic N) is 1. The molecule has 0 aromatic carbocycles. The molecule has 8 nitrogen and oxygen atoms in total. The summed E-state index contributed by atoms with van der Waals surface area (Å²) in [4.78, 5) is 3.72. The van der Waals surface area contributed by atoms with Crippen LogP contribution in [0, 0.1) is 0 Å². The molecule has 0 aromatic heterocycles. The van der Waals surface area contributed by atoms with Crippen LogP contribution in [0.5, 0.6) is 0 Å². The maximum atomic E-state index is 9.75. The molecule has 0 saturated carbocycles. The van der Waals surface area contributed by atoms with Gasteiger partial charge in [-0.1, -0.05) is 0 Å². The number of guanidine groups is 1. The Morgan fingerprint density at radius 1 is 1.38 bits per heavy atom. The van der Waals surface area contributed by atoms with Crippen molar-refractivity contribution in [3.05, 3.63) is 0 Å². The summed E-state index contributed by atoms with van der Waals surface area (Å²) in [5, 5.41) is 28.3. The summed E-state index contributed by atoms with van der Waals surface area (Å²) in [5.41, 5.74) is 10.4. The minimum absolute atomic E-state index is 0.246. The molecule has 0 spiro atoms. The lowest BCUT2D eigenvalue weighted by Crippen LogP contribution is -2.58. The summed E-state index contributed by atoms with van der Waals surface area (Å²) >= 11 is 0. The second-order valence-corrected chi connectivity index (χ2v) is 3.49. The van der Waals surface area contributed by atoms with Gasteiger partial charge in [-0.05, 0) is 0 Å². The maximum absolute atomic E-state index is 9.75. The van der Waals surface area contributed by atoms with Crippen molar-refractivity contribution in [3.63, 3.8) is 0 Å². The Morgan fingerprint density at radius 3 is 2.44 bits per heavy atom. The summed E-state index contributed by atoms with van der Waals surface area (Å²) in [6.07, 6.45) is -4.38. The molecule has 1 heterocycles. The average Bonchev–Trinajstić information content (AvgIpc) is 2.25. The molecule has 5 atom stereocenters. The van der Waals surface area contributed by atoms with Crippen LogP contribution in [-0.4, -0.2) is 65.6 Å². The zero-order valence-electron chi connectivity index (χ0n) is 8.85. The smallest absolute Gasteiger partial charge is 0.186 e. The largest absolute Gasteiger partial charge is 0.394 e. The summed E-state index contributed by atoms with van der Waals surface area (Å²) in [6.45, 7) is -0.438. The number of nitrogens with two attached hydrogens (primary N) is 2. The van der Waals surface area contributed by atoms with Crippen LogP contribution in [0.2, 0.25) is 0 Å². The first kappa shape index (κ1) is 13.1. The van der Waals surface area contributed by atoms with Gasteiger partial charge in [0.1, 0.15) is 24.4 Å². The van der Waals surface area contributed by atoms with Crippen LogP contribution in [0.1, 0.15) is 0 Å². The lowest BCUT2D eigenvalue weighted by atomic mass is 9.97. The van der Waals surface area contributed by atoms with Crippen LogP contribution in [0.15, 0.2) is 4.99 Å².